The van der Waals surface area contributed by atoms with Crippen LogP contribution in [0.25, 0.3) is 0 Å². The Kier molecular flexibility index (Phi) is 3.71. The average molecular weight is 199 g/mol. The van der Waals surface area contributed by atoms with Crippen LogP contribution in [-0.4, -0.2) is 23.3 Å². The summed E-state index contributed by atoms with van der Waals surface area (Å²) in [6.07, 6.45) is -4.78. The van der Waals surface area contributed by atoms with Crippen molar-refractivity contribution in [3.8, 4) is 0 Å². The molecule has 0 heterocycles. The smallest absolute Gasteiger partial charge is 0.403 e. The molecule has 0 amide bonds. The number of carboxylic acid groups (broad SMARTS) is 1. The van der Waals surface area contributed by atoms with Crippen LogP contribution >= 0.6 is 0 Å². The largest absolute Gasteiger partial charge is 0.481 e. The Balaban J connectivity index is 4.72. The molecule has 0 aliphatic heterocycles. The molecule has 0 fully saturated rings. The van der Waals surface area contributed by atoms with Gasteiger partial charge in [0, 0.05) is 6.04 Å². The summed E-state index contributed by atoms with van der Waals surface area (Å²) < 4.78 is 36.4. The van der Waals surface area contributed by atoms with E-state index in [1.54, 1.807) is 0 Å². The van der Waals surface area contributed by atoms with Crippen molar-refractivity contribution in [3.05, 3.63) is 0 Å². The average Bonchev–Trinajstić information content (AvgIpc) is 1.82. The molecule has 0 aliphatic carbocycles. The van der Waals surface area contributed by atoms with Gasteiger partial charge in [0.05, 0.1) is 0 Å². The zero-order valence-electron chi connectivity index (χ0n) is 7.30. The molecule has 0 aliphatic rings. The van der Waals surface area contributed by atoms with Gasteiger partial charge in [0.15, 0.2) is 5.92 Å². The van der Waals surface area contributed by atoms with Gasteiger partial charge in [-0.2, -0.15) is 13.2 Å². The molecule has 13 heavy (non-hydrogen) atoms. The van der Waals surface area contributed by atoms with E-state index in [9.17, 15) is 18.0 Å². The lowest BCUT2D eigenvalue weighted by Crippen LogP contribution is -2.47. The van der Waals surface area contributed by atoms with Crippen LogP contribution in [0.3, 0.4) is 0 Å². The molecule has 78 valence electrons. The first kappa shape index (κ1) is 12.2. The van der Waals surface area contributed by atoms with Crippen molar-refractivity contribution < 1.29 is 23.1 Å². The highest BCUT2D eigenvalue weighted by Gasteiger charge is 2.49. The molecule has 0 rings (SSSR count). The molecule has 0 bridgehead atoms. The molecule has 6 heteroatoms. The minimum absolute atomic E-state index is 0.525. The maximum absolute atomic E-state index is 12.1. The topological polar surface area (TPSA) is 63.3 Å². The van der Waals surface area contributed by atoms with Crippen molar-refractivity contribution >= 4 is 5.97 Å². The van der Waals surface area contributed by atoms with E-state index in [1.165, 1.54) is 13.8 Å². The van der Waals surface area contributed by atoms with E-state index in [0.29, 0.717) is 0 Å². The van der Waals surface area contributed by atoms with Gasteiger partial charge in [0.1, 0.15) is 0 Å². The summed E-state index contributed by atoms with van der Waals surface area (Å²) in [6, 6.07) is -1.41. The van der Waals surface area contributed by atoms with E-state index in [2.05, 4.69) is 0 Å². The Hall–Kier alpha value is -0.780. The molecule has 0 spiro atoms. The fourth-order valence-electron chi connectivity index (χ4n) is 0.908. The number of aliphatic carboxylic acids is 1. The van der Waals surface area contributed by atoms with Gasteiger partial charge in [-0.3, -0.25) is 4.79 Å². The number of alkyl halides is 3. The van der Waals surface area contributed by atoms with Crippen LogP contribution in [0.4, 0.5) is 13.2 Å². The van der Waals surface area contributed by atoms with Gasteiger partial charge in [-0.1, -0.05) is 13.8 Å². The van der Waals surface area contributed by atoms with Crippen LogP contribution in [0.2, 0.25) is 0 Å². The number of halogens is 3. The van der Waals surface area contributed by atoms with Gasteiger partial charge in [-0.25, -0.2) is 0 Å². The van der Waals surface area contributed by atoms with Crippen molar-refractivity contribution in [3.63, 3.8) is 0 Å². The normalized spacial score (nSPS) is 17.2. The van der Waals surface area contributed by atoms with Crippen molar-refractivity contribution in [2.24, 2.45) is 17.6 Å². The zero-order chi connectivity index (χ0) is 10.8. The summed E-state index contributed by atoms with van der Waals surface area (Å²) in [5.41, 5.74) is 5.15. The zero-order valence-corrected chi connectivity index (χ0v) is 7.30. The molecule has 0 radical (unpaired) electrons. The first-order chi connectivity index (χ1) is 5.68. The summed E-state index contributed by atoms with van der Waals surface area (Å²) in [5.74, 6) is -4.93. The quantitative estimate of drug-likeness (QED) is 0.718. The Bertz CT molecular complexity index is 191. The molecule has 0 unspecified atom stereocenters. The van der Waals surface area contributed by atoms with Crippen LogP contribution in [0.1, 0.15) is 13.8 Å². The van der Waals surface area contributed by atoms with Crippen molar-refractivity contribution in [1.29, 1.82) is 0 Å². The number of carboxylic acids is 1. The summed E-state index contributed by atoms with van der Waals surface area (Å²) in [4.78, 5) is 10.3. The molecule has 0 aromatic rings. The molecule has 0 saturated carbocycles. The fraction of sp³-hybridized carbons (Fsp3) is 0.857. The Morgan fingerprint density at radius 1 is 1.38 bits per heavy atom. The highest BCUT2D eigenvalue weighted by molar-refractivity contribution is 5.71. The van der Waals surface area contributed by atoms with Crippen LogP contribution in [0.15, 0.2) is 0 Å². The predicted octanol–water partition coefficient (Wildman–Crippen LogP) is 1.23. The number of hydrogen-bond donors (Lipinski definition) is 2. The third-order valence-corrected chi connectivity index (χ3v) is 1.77. The van der Waals surface area contributed by atoms with Gasteiger partial charge < -0.3 is 10.8 Å². The van der Waals surface area contributed by atoms with Crippen molar-refractivity contribution in [2.75, 3.05) is 0 Å². The predicted molar refractivity (Wildman–Crippen MR) is 40.0 cm³/mol. The number of carbonyl (C=O) groups is 1. The second-order valence-corrected chi connectivity index (χ2v) is 3.18. The fourth-order valence-corrected chi connectivity index (χ4v) is 0.908. The number of hydrogen-bond acceptors (Lipinski definition) is 2. The van der Waals surface area contributed by atoms with Crippen LogP contribution < -0.4 is 5.73 Å². The second kappa shape index (κ2) is 3.95. The van der Waals surface area contributed by atoms with Crippen molar-refractivity contribution in [2.45, 2.75) is 26.1 Å². The van der Waals surface area contributed by atoms with Gasteiger partial charge >= 0.3 is 12.1 Å². The van der Waals surface area contributed by atoms with Crippen LogP contribution in [-0.2, 0) is 4.79 Å². The molecule has 3 N–H and O–H groups in total. The van der Waals surface area contributed by atoms with Gasteiger partial charge in [-0.15, -0.1) is 0 Å². The van der Waals surface area contributed by atoms with Crippen LogP contribution in [0, 0.1) is 11.8 Å². The highest BCUT2D eigenvalue weighted by atomic mass is 19.4. The van der Waals surface area contributed by atoms with E-state index < -0.39 is 30.0 Å². The van der Waals surface area contributed by atoms with Crippen LogP contribution in [0.5, 0.6) is 0 Å². The van der Waals surface area contributed by atoms with E-state index in [0.717, 1.165) is 0 Å². The lowest BCUT2D eigenvalue weighted by Gasteiger charge is -2.25. The molecule has 2 atom stereocenters. The Labute approximate surface area is 73.7 Å². The third-order valence-electron chi connectivity index (χ3n) is 1.77. The first-order valence-electron chi connectivity index (χ1n) is 3.73. The summed E-state index contributed by atoms with van der Waals surface area (Å²) in [6.45, 7) is 2.90. The molecule has 0 aromatic heterocycles. The second-order valence-electron chi connectivity index (χ2n) is 3.18. The summed E-state index contributed by atoms with van der Waals surface area (Å²) in [7, 11) is 0. The van der Waals surface area contributed by atoms with Gasteiger partial charge in [0.2, 0.25) is 0 Å². The third kappa shape index (κ3) is 3.22. The summed E-state index contributed by atoms with van der Waals surface area (Å²) in [5, 5.41) is 8.33. The highest BCUT2D eigenvalue weighted by Crippen LogP contribution is 2.30. The standard InChI is InChI=1S/C7H12F3NO2/c1-3(2)5(11)4(6(12)13)7(8,9)10/h3-5H,11H2,1-2H3,(H,12,13)/t4-,5-/m1/s1. The first-order valence-corrected chi connectivity index (χ1v) is 3.73. The van der Waals surface area contributed by atoms with Crippen molar-refractivity contribution in [1.82, 2.24) is 0 Å². The Morgan fingerprint density at radius 3 is 1.85 bits per heavy atom. The number of rotatable bonds is 3. The molecule has 0 aromatic carbocycles. The lowest BCUT2D eigenvalue weighted by molar-refractivity contribution is -0.199. The monoisotopic (exact) mass is 199 g/mol. The maximum atomic E-state index is 12.1. The minimum Gasteiger partial charge on any atom is -0.481 e. The number of nitrogens with two attached hydrogens (primary N) is 1. The maximum Gasteiger partial charge on any atom is 0.403 e. The SMILES string of the molecule is CC(C)[C@@H](N)[C@H](C(=O)O)C(F)(F)F. The molecule has 3 nitrogen and oxygen atoms in total. The lowest BCUT2D eigenvalue weighted by atomic mass is 9.91. The summed E-state index contributed by atoms with van der Waals surface area (Å²) >= 11 is 0. The molecular weight excluding hydrogens is 187 g/mol. The van der Waals surface area contributed by atoms with E-state index in [-0.39, 0.29) is 0 Å². The molecule has 0 saturated heterocycles. The van der Waals surface area contributed by atoms with E-state index in [4.69, 9.17) is 10.8 Å². The molecular formula is C7H12F3NO2. The minimum atomic E-state index is -4.78. The van der Waals surface area contributed by atoms with Gasteiger partial charge in [-0.05, 0) is 5.92 Å². The van der Waals surface area contributed by atoms with E-state index >= 15 is 0 Å². The Morgan fingerprint density at radius 2 is 1.77 bits per heavy atom. The van der Waals surface area contributed by atoms with Gasteiger partial charge in [0.25, 0.3) is 0 Å². The van der Waals surface area contributed by atoms with E-state index in [1.807, 2.05) is 0 Å².